The monoisotopic (exact) mass is 164 g/mol. The molecule has 3 heteroatoms. The molecule has 0 saturated carbocycles. The zero-order valence-corrected chi connectivity index (χ0v) is 6.73. The van der Waals surface area contributed by atoms with E-state index in [1.165, 1.54) is 0 Å². The summed E-state index contributed by atoms with van der Waals surface area (Å²) in [6, 6.07) is 6.95. The summed E-state index contributed by atoms with van der Waals surface area (Å²) in [5, 5.41) is 0. The van der Waals surface area contributed by atoms with Crippen LogP contribution in [0, 0.1) is 0 Å². The van der Waals surface area contributed by atoms with Crippen LogP contribution in [0.2, 0.25) is 0 Å². The van der Waals surface area contributed by atoms with Gasteiger partial charge in [0.2, 0.25) is 0 Å². The number of hydrogen-bond acceptors (Lipinski definition) is 3. The number of anilines is 1. The normalized spacial score (nSPS) is 12.4. The van der Waals surface area contributed by atoms with Gasteiger partial charge in [-0.05, 0) is 24.1 Å². The fraction of sp³-hybridized carbons (Fsp3) is 0.222. The highest BCUT2D eigenvalue weighted by Crippen LogP contribution is 2.07. The lowest BCUT2D eigenvalue weighted by Crippen LogP contribution is -2.24. The molecule has 0 heterocycles. The Hall–Kier alpha value is -1.35. The van der Waals surface area contributed by atoms with Crippen molar-refractivity contribution in [2.45, 2.75) is 12.5 Å². The van der Waals surface area contributed by atoms with Gasteiger partial charge in [0, 0.05) is 5.69 Å². The van der Waals surface area contributed by atoms with Gasteiger partial charge in [-0.1, -0.05) is 12.1 Å². The lowest BCUT2D eigenvalue weighted by molar-refractivity contribution is -0.108. The summed E-state index contributed by atoms with van der Waals surface area (Å²) in [4.78, 5) is 10.2. The third-order valence-electron chi connectivity index (χ3n) is 1.60. The van der Waals surface area contributed by atoms with E-state index in [9.17, 15) is 4.79 Å². The van der Waals surface area contributed by atoms with Crippen LogP contribution in [0.1, 0.15) is 5.56 Å². The van der Waals surface area contributed by atoms with Gasteiger partial charge in [0.05, 0.1) is 6.04 Å². The molecule has 12 heavy (non-hydrogen) atoms. The van der Waals surface area contributed by atoms with Crippen LogP contribution in [0.5, 0.6) is 0 Å². The maximum atomic E-state index is 10.2. The van der Waals surface area contributed by atoms with Crippen LogP contribution in [-0.2, 0) is 11.2 Å². The Balaban J connectivity index is 2.69. The topological polar surface area (TPSA) is 69.1 Å². The van der Waals surface area contributed by atoms with Gasteiger partial charge in [0.1, 0.15) is 6.29 Å². The lowest BCUT2D eigenvalue weighted by Gasteiger charge is -2.03. The van der Waals surface area contributed by atoms with E-state index in [2.05, 4.69) is 0 Å². The number of nitrogens with two attached hydrogens (primary N) is 2. The summed E-state index contributed by atoms with van der Waals surface area (Å²) in [6.07, 6.45) is 1.29. The number of aldehydes is 1. The van der Waals surface area contributed by atoms with Crippen LogP contribution < -0.4 is 11.5 Å². The van der Waals surface area contributed by atoms with Crippen molar-refractivity contribution in [3.8, 4) is 0 Å². The molecule has 0 unspecified atom stereocenters. The van der Waals surface area contributed by atoms with E-state index in [1.807, 2.05) is 18.2 Å². The first-order valence-corrected chi connectivity index (χ1v) is 3.77. The Morgan fingerprint density at radius 2 is 2.25 bits per heavy atom. The first kappa shape index (κ1) is 8.74. The number of benzene rings is 1. The minimum absolute atomic E-state index is 0.424. The van der Waals surface area contributed by atoms with E-state index >= 15 is 0 Å². The summed E-state index contributed by atoms with van der Waals surface area (Å²) in [6.45, 7) is 0. The molecule has 64 valence electrons. The Bertz CT molecular complexity index is 273. The molecule has 1 rings (SSSR count). The van der Waals surface area contributed by atoms with Crippen molar-refractivity contribution in [3.63, 3.8) is 0 Å². The van der Waals surface area contributed by atoms with Gasteiger partial charge in [0.15, 0.2) is 0 Å². The summed E-state index contributed by atoms with van der Waals surface area (Å²) in [5.74, 6) is 0. The highest BCUT2D eigenvalue weighted by atomic mass is 16.1. The molecule has 1 aromatic carbocycles. The average Bonchev–Trinajstić information content (AvgIpc) is 2.04. The van der Waals surface area contributed by atoms with Gasteiger partial charge in [-0.15, -0.1) is 0 Å². The molecule has 3 nitrogen and oxygen atoms in total. The van der Waals surface area contributed by atoms with E-state index in [0.717, 1.165) is 11.8 Å². The smallest absolute Gasteiger partial charge is 0.137 e. The number of carbonyl (C=O) groups is 1. The van der Waals surface area contributed by atoms with Gasteiger partial charge < -0.3 is 16.3 Å². The molecule has 4 N–H and O–H groups in total. The first-order chi connectivity index (χ1) is 5.72. The molecule has 0 spiro atoms. The molecule has 0 bridgehead atoms. The molecule has 0 aliphatic rings. The minimum Gasteiger partial charge on any atom is -0.399 e. The van der Waals surface area contributed by atoms with Crippen molar-refractivity contribution in [2.75, 3.05) is 5.73 Å². The van der Waals surface area contributed by atoms with E-state index < -0.39 is 6.04 Å². The Morgan fingerprint density at radius 1 is 1.50 bits per heavy atom. The second kappa shape index (κ2) is 3.88. The van der Waals surface area contributed by atoms with Crippen LogP contribution in [0.15, 0.2) is 24.3 Å². The largest absolute Gasteiger partial charge is 0.399 e. The van der Waals surface area contributed by atoms with Gasteiger partial charge in [0.25, 0.3) is 0 Å². The zero-order chi connectivity index (χ0) is 8.97. The number of nitrogen functional groups attached to an aromatic ring is 1. The zero-order valence-electron chi connectivity index (χ0n) is 6.73. The highest BCUT2D eigenvalue weighted by Gasteiger charge is 2.01. The second-order valence-corrected chi connectivity index (χ2v) is 2.75. The highest BCUT2D eigenvalue weighted by molar-refractivity contribution is 5.58. The molecule has 0 saturated heterocycles. The fourth-order valence-electron chi connectivity index (χ4n) is 1.04. The summed E-state index contributed by atoms with van der Waals surface area (Å²) >= 11 is 0. The van der Waals surface area contributed by atoms with Crippen LogP contribution >= 0.6 is 0 Å². The number of hydrogen-bond donors (Lipinski definition) is 2. The van der Waals surface area contributed by atoms with E-state index in [1.54, 1.807) is 6.07 Å². The number of carbonyl (C=O) groups excluding carboxylic acids is 1. The van der Waals surface area contributed by atoms with Crippen molar-refractivity contribution < 1.29 is 4.79 Å². The van der Waals surface area contributed by atoms with Gasteiger partial charge >= 0.3 is 0 Å². The number of rotatable bonds is 3. The maximum Gasteiger partial charge on any atom is 0.137 e. The van der Waals surface area contributed by atoms with Crippen molar-refractivity contribution >= 4 is 12.0 Å². The lowest BCUT2D eigenvalue weighted by atomic mass is 10.1. The Morgan fingerprint density at radius 3 is 2.83 bits per heavy atom. The third-order valence-corrected chi connectivity index (χ3v) is 1.60. The quantitative estimate of drug-likeness (QED) is 0.500. The van der Waals surface area contributed by atoms with Crippen LogP contribution in [0.3, 0.4) is 0 Å². The molecule has 1 aromatic rings. The minimum atomic E-state index is -0.424. The SMILES string of the molecule is Nc1cccc(C[C@H](N)C=O)c1. The van der Waals surface area contributed by atoms with Crippen molar-refractivity contribution in [1.29, 1.82) is 0 Å². The first-order valence-electron chi connectivity index (χ1n) is 3.77. The second-order valence-electron chi connectivity index (χ2n) is 2.75. The van der Waals surface area contributed by atoms with E-state index in [4.69, 9.17) is 11.5 Å². The molecule has 1 atom stereocenters. The van der Waals surface area contributed by atoms with Crippen LogP contribution in [-0.4, -0.2) is 12.3 Å². The Kier molecular flexibility index (Phi) is 2.82. The van der Waals surface area contributed by atoms with Gasteiger partial charge in [-0.2, -0.15) is 0 Å². The maximum absolute atomic E-state index is 10.2. The third kappa shape index (κ3) is 2.36. The van der Waals surface area contributed by atoms with Crippen molar-refractivity contribution in [2.24, 2.45) is 5.73 Å². The van der Waals surface area contributed by atoms with Gasteiger partial charge in [-0.3, -0.25) is 0 Å². The van der Waals surface area contributed by atoms with Crippen molar-refractivity contribution in [3.05, 3.63) is 29.8 Å². The summed E-state index contributed by atoms with van der Waals surface area (Å²) in [7, 11) is 0. The predicted octanol–water partition coefficient (Wildman–Crippen LogP) is 0.337. The average molecular weight is 164 g/mol. The fourth-order valence-corrected chi connectivity index (χ4v) is 1.04. The van der Waals surface area contributed by atoms with Crippen LogP contribution in [0.4, 0.5) is 5.69 Å². The molecule has 0 fully saturated rings. The molecule has 0 radical (unpaired) electrons. The predicted molar refractivity (Wildman–Crippen MR) is 48.6 cm³/mol. The summed E-state index contributed by atoms with van der Waals surface area (Å²) in [5.41, 5.74) is 12.7. The molecule has 0 aliphatic heterocycles. The molecular weight excluding hydrogens is 152 g/mol. The molecule has 0 amide bonds. The molecule has 0 aliphatic carbocycles. The van der Waals surface area contributed by atoms with E-state index in [0.29, 0.717) is 12.1 Å². The summed E-state index contributed by atoms with van der Waals surface area (Å²) < 4.78 is 0. The van der Waals surface area contributed by atoms with E-state index in [-0.39, 0.29) is 0 Å². The molecular formula is C9H12N2O. The Labute approximate surface area is 71.4 Å². The van der Waals surface area contributed by atoms with Crippen molar-refractivity contribution in [1.82, 2.24) is 0 Å². The van der Waals surface area contributed by atoms with Gasteiger partial charge in [-0.25, -0.2) is 0 Å². The standard InChI is InChI=1S/C9H12N2O/c10-8-3-1-2-7(4-8)5-9(11)6-12/h1-4,6,9H,5,10-11H2/t9-/m0/s1. The van der Waals surface area contributed by atoms with Crippen LogP contribution in [0.25, 0.3) is 0 Å². The molecule has 0 aromatic heterocycles.